The van der Waals surface area contributed by atoms with Crippen molar-refractivity contribution < 1.29 is 9.21 Å². The fraction of sp³-hybridized carbons (Fsp3) is 0.143. The van der Waals surface area contributed by atoms with Gasteiger partial charge in [0.2, 0.25) is 0 Å². The van der Waals surface area contributed by atoms with Crippen LogP contribution in [0.5, 0.6) is 0 Å². The number of allylic oxidation sites excluding steroid dienone is 1. The van der Waals surface area contributed by atoms with Crippen molar-refractivity contribution in [2.75, 3.05) is 14.1 Å². The Kier molecular flexibility index (Phi) is 3.28. The van der Waals surface area contributed by atoms with Crippen molar-refractivity contribution in [3.05, 3.63) is 58.6 Å². The first-order valence-electron chi connectivity index (χ1n) is 5.50. The number of benzene rings is 1. The van der Waals surface area contributed by atoms with Crippen LogP contribution < -0.4 is 5.63 Å². The highest BCUT2D eigenvalue weighted by atomic mass is 16.4. The first-order valence-corrected chi connectivity index (χ1v) is 5.50. The fourth-order valence-corrected chi connectivity index (χ4v) is 1.54. The summed E-state index contributed by atoms with van der Waals surface area (Å²) < 4.78 is 5.10. The van der Waals surface area contributed by atoms with Crippen molar-refractivity contribution in [3.8, 4) is 0 Å². The molecular weight excluding hydrogens is 230 g/mol. The molecular formula is C14H13NO3. The van der Waals surface area contributed by atoms with Crippen LogP contribution in [0.4, 0.5) is 0 Å². The zero-order chi connectivity index (χ0) is 13.1. The van der Waals surface area contributed by atoms with E-state index in [0.29, 0.717) is 5.58 Å². The molecule has 1 aromatic heterocycles. The summed E-state index contributed by atoms with van der Waals surface area (Å²) in [6.45, 7) is 0. The van der Waals surface area contributed by atoms with Gasteiger partial charge in [0, 0.05) is 31.8 Å². The molecule has 0 amide bonds. The van der Waals surface area contributed by atoms with Crippen molar-refractivity contribution in [3.63, 3.8) is 0 Å². The molecule has 0 radical (unpaired) electrons. The van der Waals surface area contributed by atoms with Crippen molar-refractivity contribution in [1.29, 1.82) is 0 Å². The fourth-order valence-electron chi connectivity index (χ4n) is 1.54. The second-order valence-corrected chi connectivity index (χ2v) is 4.13. The van der Waals surface area contributed by atoms with Crippen LogP contribution >= 0.6 is 0 Å². The summed E-state index contributed by atoms with van der Waals surface area (Å²) in [4.78, 5) is 25.2. The number of ketones is 1. The molecule has 0 aliphatic heterocycles. The van der Waals surface area contributed by atoms with Crippen LogP contribution in [-0.2, 0) is 0 Å². The van der Waals surface area contributed by atoms with Gasteiger partial charge in [-0.25, -0.2) is 4.79 Å². The van der Waals surface area contributed by atoms with E-state index >= 15 is 0 Å². The molecule has 1 aromatic carbocycles. The summed E-state index contributed by atoms with van der Waals surface area (Å²) >= 11 is 0. The number of rotatable bonds is 3. The van der Waals surface area contributed by atoms with Gasteiger partial charge in [-0.3, -0.25) is 4.79 Å². The molecule has 0 spiro atoms. The Bertz CT molecular complexity index is 668. The molecule has 0 saturated heterocycles. The normalized spacial score (nSPS) is 11.0. The van der Waals surface area contributed by atoms with Gasteiger partial charge >= 0.3 is 5.63 Å². The zero-order valence-electron chi connectivity index (χ0n) is 10.2. The van der Waals surface area contributed by atoms with Crippen molar-refractivity contribution >= 4 is 16.8 Å². The molecule has 0 N–H and O–H groups in total. The van der Waals surface area contributed by atoms with Crippen molar-refractivity contribution in [1.82, 2.24) is 4.90 Å². The molecule has 0 atom stereocenters. The molecule has 0 aliphatic rings. The summed E-state index contributed by atoms with van der Waals surface area (Å²) in [5.41, 5.74) is -0.0791. The van der Waals surface area contributed by atoms with E-state index in [2.05, 4.69) is 0 Å². The highest BCUT2D eigenvalue weighted by Gasteiger charge is 2.10. The molecule has 0 fully saturated rings. The molecule has 4 nitrogen and oxygen atoms in total. The van der Waals surface area contributed by atoms with Crippen LogP contribution in [-0.4, -0.2) is 24.8 Å². The standard InChI is InChI=1S/C14H13NO3/c1-15(2)8-7-12(16)11-9-10-5-3-4-6-13(10)18-14(11)17/h3-9H,1-2H3. The maximum Gasteiger partial charge on any atom is 0.347 e. The average Bonchev–Trinajstić information content (AvgIpc) is 2.35. The van der Waals surface area contributed by atoms with E-state index in [9.17, 15) is 9.59 Å². The van der Waals surface area contributed by atoms with E-state index in [4.69, 9.17) is 4.42 Å². The van der Waals surface area contributed by atoms with Gasteiger partial charge in [0.05, 0.1) is 0 Å². The van der Waals surface area contributed by atoms with Crippen LogP contribution in [0, 0.1) is 0 Å². The Morgan fingerprint density at radius 3 is 2.72 bits per heavy atom. The Hall–Kier alpha value is -2.36. The van der Waals surface area contributed by atoms with E-state index < -0.39 is 5.63 Å². The first-order chi connectivity index (χ1) is 8.58. The number of fused-ring (bicyclic) bond motifs is 1. The molecule has 0 saturated carbocycles. The molecule has 1 heterocycles. The highest BCUT2D eigenvalue weighted by Crippen LogP contribution is 2.12. The molecule has 2 aromatic rings. The SMILES string of the molecule is CN(C)C=CC(=O)c1cc2ccccc2oc1=O. The Labute approximate surface area is 104 Å². The van der Waals surface area contributed by atoms with Crippen LogP contribution in [0.25, 0.3) is 11.0 Å². The monoisotopic (exact) mass is 243 g/mol. The lowest BCUT2D eigenvalue weighted by Crippen LogP contribution is -2.13. The summed E-state index contributed by atoms with van der Waals surface area (Å²) in [5.74, 6) is -0.358. The van der Waals surface area contributed by atoms with Crippen LogP contribution in [0.2, 0.25) is 0 Å². The first kappa shape index (κ1) is 12.1. The van der Waals surface area contributed by atoms with E-state index in [1.807, 2.05) is 6.07 Å². The lowest BCUT2D eigenvalue weighted by atomic mass is 10.1. The van der Waals surface area contributed by atoms with Gasteiger partial charge in [-0.15, -0.1) is 0 Å². The van der Waals surface area contributed by atoms with Crippen molar-refractivity contribution in [2.24, 2.45) is 0 Å². The zero-order valence-corrected chi connectivity index (χ0v) is 10.2. The third-order valence-electron chi connectivity index (χ3n) is 2.43. The van der Waals surface area contributed by atoms with Gasteiger partial charge in [-0.2, -0.15) is 0 Å². The summed E-state index contributed by atoms with van der Waals surface area (Å²) in [7, 11) is 3.60. The number of para-hydroxylation sites is 1. The summed E-state index contributed by atoms with van der Waals surface area (Å²) in [6, 6.07) is 8.65. The molecule has 2 rings (SSSR count). The topological polar surface area (TPSA) is 50.5 Å². The van der Waals surface area contributed by atoms with Gasteiger partial charge in [0.25, 0.3) is 0 Å². The van der Waals surface area contributed by atoms with Gasteiger partial charge in [0.15, 0.2) is 5.78 Å². The third-order valence-corrected chi connectivity index (χ3v) is 2.43. The number of hydrogen-bond donors (Lipinski definition) is 0. The Balaban J connectivity index is 2.48. The Morgan fingerprint density at radius 2 is 2.00 bits per heavy atom. The molecule has 92 valence electrons. The van der Waals surface area contributed by atoms with Crippen LogP contribution in [0.1, 0.15) is 10.4 Å². The second kappa shape index (κ2) is 4.87. The maximum atomic E-state index is 11.8. The maximum absolute atomic E-state index is 11.8. The van der Waals surface area contributed by atoms with E-state index in [1.54, 1.807) is 49.5 Å². The largest absolute Gasteiger partial charge is 0.422 e. The third kappa shape index (κ3) is 2.48. The van der Waals surface area contributed by atoms with Crippen LogP contribution in [0.3, 0.4) is 0 Å². The van der Waals surface area contributed by atoms with Gasteiger partial charge in [-0.1, -0.05) is 18.2 Å². The van der Waals surface area contributed by atoms with Crippen LogP contribution in [0.15, 0.2) is 51.8 Å². The smallest absolute Gasteiger partial charge is 0.347 e. The second-order valence-electron chi connectivity index (χ2n) is 4.13. The van der Waals surface area contributed by atoms with Gasteiger partial charge in [-0.05, 0) is 12.1 Å². The van der Waals surface area contributed by atoms with Gasteiger partial charge < -0.3 is 9.32 Å². The molecule has 4 heteroatoms. The lowest BCUT2D eigenvalue weighted by molar-refractivity contribution is 0.104. The number of carbonyl (C=O) groups is 1. The minimum atomic E-state index is -0.609. The summed E-state index contributed by atoms with van der Waals surface area (Å²) in [6.07, 6.45) is 2.94. The number of hydrogen-bond acceptors (Lipinski definition) is 4. The molecule has 0 bridgehead atoms. The van der Waals surface area contributed by atoms with E-state index in [0.717, 1.165) is 5.39 Å². The lowest BCUT2D eigenvalue weighted by Gasteiger charge is -2.02. The average molecular weight is 243 g/mol. The minimum Gasteiger partial charge on any atom is -0.422 e. The number of nitrogens with zero attached hydrogens (tertiary/aromatic N) is 1. The minimum absolute atomic E-state index is 0.0480. The molecule has 0 aliphatic carbocycles. The van der Waals surface area contributed by atoms with Gasteiger partial charge in [0.1, 0.15) is 11.1 Å². The molecule has 18 heavy (non-hydrogen) atoms. The highest BCUT2D eigenvalue weighted by molar-refractivity contribution is 6.05. The predicted octanol–water partition coefficient (Wildman–Crippen LogP) is 2.05. The van der Waals surface area contributed by atoms with E-state index in [1.165, 1.54) is 6.08 Å². The Morgan fingerprint density at radius 1 is 1.28 bits per heavy atom. The van der Waals surface area contributed by atoms with Crippen molar-refractivity contribution in [2.45, 2.75) is 0 Å². The number of carbonyl (C=O) groups excluding carboxylic acids is 1. The predicted molar refractivity (Wildman–Crippen MR) is 69.6 cm³/mol. The quantitative estimate of drug-likeness (QED) is 0.470. The summed E-state index contributed by atoms with van der Waals surface area (Å²) in [5, 5.41) is 0.735. The van der Waals surface area contributed by atoms with E-state index in [-0.39, 0.29) is 11.3 Å². The molecule has 0 unspecified atom stereocenters.